The number of carbonyl (C=O) groups is 2. The van der Waals surface area contributed by atoms with Crippen LogP contribution < -0.4 is 10.1 Å². The molecule has 0 bridgehead atoms. The van der Waals surface area contributed by atoms with Gasteiger partial charge in [-0.25, -0.2) is 0 Å². The molecule has 0 aromatic heterocycles. The first-order chi connectivity index (χ1) is 13.2. The number of likely N-dealkylation sites (N-methyl/N-ethyl adjacent to an activating group) is 1. The molecule has 2 amide bonds. The number of nitrogens with zero attached hydrogens (tertiary/aromatic N) is 1. The van der Waals surface area contributed by atoms with Crippen molar-refractivity contribution in [1.29, 1.82) is 0 Å². The van der Waals surface area contributed by atoms with Crippen LogP contribution in [-0.4, -0.2) is 36.9 Å². The van der Waals surface area contributed by atoms with Crippen molar-refractivity contribution < 1.29 is 27.5 Å². The predicted octanol–water partition coefficient (Wildman–Crippen LogP) is 3.74. The van der Waals surface area contributed by atoms with Crippen molar-refractivity contribution >= 4 is 17.5 Å². The van der Waals surface area contributed by atoms with Crippen LogP contribution in [-0.2, 0) is 22.2 Å². The molecular formula is C20H21F3N2O3. The zero-order chi connectivity index (χ0) is 20.7. The van der Waals surface area contributed by atoms with Gasteiger partial charge in [-0.1, -0.05) is 24.3 Å². The molecule has 2 aromatic carbocycles. The molecule has 2 rings (SSSR count). The number of halogens is 3. The molecular weight excluding hydrogens is 373 g/mol. The minimum Gasteiger partial charge on any atom is -0.494 e. The van der Waals surface area contributed by atoms with Crippen LogP contribution in [0.15, 0.2) is 48.5 Å². The number of nitrogens with one attached hydrogen (secondary N) is 1. The minimum absolute atomic E-state index is 0.0648. The summed E-state index contributed by atoms with van der Waals surface area (Å²) in [6, 6.07) is 11.7. The second kappa shape index (κ2) is 9.25. The molecule has 28 heavy (non-hydrogen) atoms. The number of carbonyl (C=O) groups excluding carboxylic acids is 2. The Morgan fingerprint density at radius 2 is 1.71 bits per heavy atom. The highest BCUT2D eigenvalue weighted by atomic mass is 19.4. The maximum Gasteiger partial charge on any atom is 0.418 e. The molecule has 5 nitrogen and oxygen atoms in total. The van der Waals surface area contributed by atoms with Crippen molar-refractivity contribution in [2.75, 3.05) is 25.5 Å². The van der Waals surface area contributed by atoms with Gasteiger partial charge in [0.15, 0.2) is 0 Å². The minimum atomic E-state index is -4.58. The van der Waals surface area contributed by atoms with Gasteiger partial charge in [-0.05, 0) is 36.8 Å². The van der Waals surface area contributed by atoms with E-state index < -0.39 is 17.6 Å². The molecule has 0 aliphatic rings. The van der Waals surface area contributed by atoms with Crippen molar-refractivity contribution in [2.45, 2.75) is 19.5 Å². The lowest BCUT2D eigenvalue weighted by molar-refractivity contribution is -0.137. The lowest BCUT2D eigenvalue weighted by atomic mass is 10.1. The van der Waals surface area contributed by atoms with Gasteiger partial charge >= 0.3 is 6.18 Å². The number of anilines is 1. The number of amides is 2. The summed E-state index contributed by atoms with van der Waals surface area (Å²) in [6.45, 7) is 2.04. The molecule has 0 saturated heterocycles. The van der Waals surface area contributed by atoms with E-state index in [4.69, 9.17) is 4.74 Å². The maximum absolute atomic E-state index is 13.0. The molecule has 8 heteroatoms. The van der Waals surface area contributed by atoms with Crippen molar-refractivity contribution in [2.24, 2.45) is 0 Å². The Morgan fingerprint density at radius 1 is 1.07 bits per heavy atom. The molecule has 2 aromatic rings. The Bertz CT molecular complexity index is 820. The fourth-order valence-electron chi connectivity index (χ4n) is 2.51. The molecule has 0 unspecified atom stereocenters. The second-order valence-electron chi connectivity index (χ2n) is 6.10. The van der Waals surface area contributed by atoms with E-state index in [-0.39, 0.29) is 24.6 Å². The Labute approximate surface area is 161 Å². The van der Waals surface area contributed by atoms with E-state index >= 15 is 0 Å². The number of ether oxygens (including phenoxy) is 1. The van der Waals surface area contributed by atoms with E-state index in [1.165, 1.54) is 30.1 Å². The second-order valence-corrected chi connectivity index (χ2v) is 6.10. The van der Waals surface area contributed by atoms with E-state index in [2.05, 4.69) is 5.32 Å². The van der Waals surface area contributed by atoms with E-state index in [0.29, 0.717) is 12.4 Å². The third-order valence-corrected chi connectivity index (χ3v) is 3.90. The van der Waals surface area contributed by atoms with E-state index in [0.717, 1.165) is 11.6 Å². The van der Waals surface area contributed by atoms with Crippen LogP contribution in [0.5, 0.6) is 5.75 Å². The molecule has 0 heterocycles. The summed E-state index contributed by atoms with van der Waals surface area (Å²) in [5.41, 5.74) is -0.540. The van der Waals surface area contributed by atoms with Gasteiger partial charge in [0.25, 0.3) is 0 Å². The number of benzene rings is 2. The zero-order valence-electron chi connectivity index (χ0n) is 15.5. The van der Waals surface area contributed by atoms with Gasteiger partial charge in [0.05, 0.1) is 30.8 Å². The molecule has 0 radical (unpaired) electrons. The average Bonchev–Trinajstić information content (AvgIpc) is 2.63. The summed E-state index contributed by atoms with van der Waals surface area (Å²) in [7, 11) is 1.42. The number of hydrogen-bond donors (Lipinski definition) is 1. The Kier molecular flexibility index (Phi) is 7.03. The largest absolute Gasteiger partial charge is 0.494 e. The van der Waals surface area contributed by atoms with Crippen LogP contribution in [0.1, 0.15) is 18.1 Å². The van der Waals surface area contributed by atoms with E-state index in [1.54, 1.807) is 24.3 Å². The van der Waals surface area contributed by atoms with E-state index in [9.17, 15) is 22.8 Å². The quantitative estimate of drug-likeness (QED) is 0.778. The molecule has 0 saturated carbocycles. The summed E-state index contributed by atoms with van der Waals surface area (Å²) >= 11 is 0. The highest BCUT2D eigenvalue weighted by Gasteiger charge is 2.33. The average molecular weight is 394 g/mol. The third-order valence-electron chi connectivity index (χ3n) is 3.90. The van der Waals surface area contributed by atoms with Gasteiger partial charge in [-0.15, -0.1) is 0 Å². The van der Waals surface area contributed by atoms with Gasteiger partial charge in [-0.3, -0.25) is 9.59 Å². The predicted molar refractivity (Wildman–Crippen MR) is 99.0 cm³/mol. The fourth-order valence-corrected chi connectivity index (χ4v) is 2.51. The van der Waals surface area contributed by atoms with Crippen molar-refractivity contribution in [1.82, 2.24) is 4.90 Å². The van der Waals surface area contributed by atoms with Crippen molar-refractivity contribution in [3.05, 3.63) is 59.7 Å². The number of para-hydroxylation sites is 1. The molecule has 1 N–H and O–H groups in total. The zero-order valence-corrected chi connectivity index (χ0v) is 15.5. The standard InChI is InChI=1S/C20H21F3N2O3/c1-3-28-15-10-8-14(9-11-15)12-19(27)25(2)13-18(26)24-17-7-5-4-6-16(17)20(21,22)23/h4-11H,3,12-13H2,1-2H3,(H,24,26). The number of hydrogen-bond acceptors (Lipinski definition) is 3. The third kappa shape index (κ3) is 6.00. The Morgan fingerprint density at radius 3 is 2.32 bits per heavy atom. The maximum atomic E-state index is 13.0. The number of alkyl halides is 3. The van der Waals surface area contributed by atoms with Gasteiger partial charge in [0.2, 0.25) is 11.8 Å². The van der Waals surface area contributed by atoms with Crippen molar-refractivity contribution in [3.8, 4) is 5.75 Å². The monoisotopic (exact) mass is 394 g/mol. The SMILES string of the molecule is CCOc1ccc(CC(=O)N(C)CC(=O)Nc2ccccc2C(F)(F)F)cc1. The Balaban J connectivity index is 1.94. The van der Waals surface area contributed by atoms with Crippen LogP contribution >= 0.6 is 0 Å². The summed E-state index contributed by atoms with van der Waals surface area (Å²) in [6.07, 6.45) is -4.52. The fraction of sp³-hybridized carbons (Fsp3) is 0.300. The molecule has 0 atom stereocenters. The van der Waals surface area contributed by atoms with Crippen LogP contribution in [0.4, 0.5) is 18.9 Å². The lowest BCUT2D eigenvalue weighted by Gasteiger charge is -2.18. The van der Waals surface area contributed by atoms with Gasteiger partial charge in [0.1, 0.15) is 5.75 Å². The first-order valence-electron chi connectivity index (χ1n) is 8.62. The van der Waals surface area contributed by atoms with Crippen LogP contribution in [0.3, 0.4) is 0 Å². The highest BCUT2D eigenvalue weighted by Crippen LogP contribution is 2.34. The van der Waals surface area contributed by atoms with Gasteiger partial charge in [0, 0.05) is 7.05 Å². The highest BCUT2D eigenvalue weighted by molar-refractivity contribution is 5.95. The first-order valence-corrected chi connectivity index (χ1v) is 8.62. The summed E-state index contributed by atoms with van der Waals surface area (Å²) in [4.78, 5) is 25.5. The summed E-state index contributed by atoms with van der Waals surface area (Å²) < 4.78 is 44.3. The number of rotatable bonds is 7. The molecule has 0 fully saturated rings. The summed E-state index contributed by atoms with van der Waals surface area (Å²) in [5, 5.41) is 2.22. The molecule has 150 valence electrons. The lowest BCUT2D eigenvalue weighted by Crippen LogP contribution is -2.36. The molecule has 0 spiro atoms. The Hall–Kier alpha value is -3.03. The molecule has 0 aliphatic carbocycles. The summed E-state index contributed by atoms with van der Waals surface area (Å²) in [5.74, 6) is -0.350. The normalized spacial score (nSPS) is 11.0. The van der Waals surface area contributed by atoms with Crippen LogP contribution in [0, 0.1) is 0 Å². The first kappa shape index (κ1) is 21.3. The topological polar surface area (TPSA) is 58.6 Å². The van der Waals surface area contributed by atoms with Gasteiger partial charge < -0.3 is 15.0 Å². The smallest absolute Gasteiger partial charge is 0.418 e. The van der Waals surface area contributed by atoms with Crippen molar-refractivity contribution in [3.63, 3.8) is 0 Å². The molecule has 0 aliphatic heterocycles. The van der Waals surface area contributed by atoms with Crippen LogP contribution in [0.2, 0.25) is 0 Å². The van der Waals surface area contributed by atoms with E-state index in [1.807, 2.05) is 6.92 Å². The van der Waals surface area contributed by atoms with Gasteiger partial charge in [-0.2, -0.15) is 13.2 Å². The van der Waals surface area contributed by atoms with Crippen LogP contribution in [0.25, 0.3) is 0 Å².